The average molecular weight is 387 g/mol. The zero-order chi connectivity index (χ0) is 19.0. The number of aryl methyl sites for hydroxylation is 1. The first-order valence-corrected chi connectivity index (χ1v) is 8.65. The Morgan fingerprint density at radius 2 is 2.11 bits per heavy atom. The van der Waals surface area contributed by atoms with E-state index in [0.717, 1.165) is 10.8 Å². The summed E-state index contributed by atoms with van der Waals surface area (Å²) in [6.45, 7) is 1.84. The molecule has 1 aliphatic heterocycles. The second-order valence-corrected chi connectivity index (χ2v) is 6.85. The van der Waals surface area contributed by atoms with Gasteiger partial charge in [0.1, 0.15) is 10.6 Å². The highest BCUT2D eigenvalue weighted by Gasteiger charge is 2.18. The third-order valence-corrected chi connectivity index (χ3v) is 4.58. The molecule has 0 saturated carbocycles. The first-order valence-electron chi connectivity index (χ1n) is 7.84. The Morgan fingerprint density at radius 1 is 1.30 bits per heavy atom. The summed E-state index contributed by atoms with van der Waals surface area (Å²) in [5, 5.41) is 11.0. The van der Waals surface area contributed by atoms with E-state index >= 15 is 0 Å². The van der Waals surface area contributed by atoms with Crippen LogP contribution in [-0.4, -0.2) is 32.4 Å². The number of ether oxygens (including phenoxy) is 2. The van der Waals surface area contributed by atoms with Gasteiger partial charge in [-0.1, -0.05) is 17.4 Å². The third kappa shape index (κ3) is 3.31. The first kappa shape index (κ1) is 17.0. The molecule has 2 N–H and O–H groups in total. The number of nitrogens with one attached hydrogen (secondary N) is 2. The van der Waals surface area contributed by atoms with Crippen molar-refractivity contribution >= 4 is 22.4 Å². The smallest absolute Gasteiger partial charge is 0.328 e. The van der Waals surface area contributed by atoms with Gasteiger partial charge in [-0.15, -0.1) is 10.2 Å². The lowest BCUT2D eigenvalue weighted by molar-refractivity contribution is 0.102. The van der Waals surface area contributed by atoms with Gasteiger partial charge in [-0.3, -0.25) is 19.5 Å². The Bertz CT molecular complexity index is 1150. The highest BCUT2D eigenvalue weighted by Crippen LogP contribution is 2.32. The zero-order valence-corrected chi connectivity index (χ0v) is 14.8. The molecule has 138 valence electrons. The SMILES string of the molecule is Cc1nnc(NC(=O)c2c[nH]c(=O)n(Cc3ccc4c(c3)OCO4)c2=O)s1. The third-order valence-electron chi connectivity index (χ3n) is 3.83. The average Bonchev–Trinajstić information content (AvgIpc) is 3.26. The molecule has 0 saturated heterocycles. The van der Waals surface area contributed by atoms with Gasteiger partial charge in [0.25, 0.3) is 11.5 Å². The highest BCUT2D eigenvalue weighted by molar-refractivity contribution is 7.15. The van der Waals surface area contributed by atoms with Crippen molar-refractivity contribution in [3.05, 3.63) is 61.4 Å². The fourth-order valence-corrected chi connectivity index (χ4v) is 3.14. The van der Waals surface area contributed by atoms with Crippen molar-refractivity contribution in [1.82, 2.24) is 19.7 Å². The predicted octanol–water partition coefficient (Wildman–Crippen LogP) is 0.726. The van der Waals surface area contributed by atoms with E-state index < -0.39 is 17.2 Å². The standard InChI is InChI=1S/C16H13N5O5S/c1-8-19-20-15(27-8)18-13(22)10-5-17-16(24)21(14(10)23)6-9-2-3-11-12(4-9)26-7-25-11/h2-5H,6-7H2,1H3,(H,17,24)(H,18,20,22). The van der Waals surface area contributed by atoms with E-state index in [2.05, 4.69) is 20.5 Å². The van der Waals surface area contributed by atoms with E-state index in [-0.39, 0.29) is 24.0 Å². The molecule has 3 aromatic rings. The van der Waals surface area contributed by atoms with E-state index in [1.807, 2.05) is 0 Å². The molecule has 1 aliphatic rings. The summed E-state index contributed by atoms with van der Waals surface area (Å²) in [5.74, 6) is 0.463. The number of aromatic nitrogens is 4. The molecule has 0 atom stereocenters. The summed E-state index contributed by atoms with van der Waals surface area (Å²) in [4.78, 5) is 39.6. The molecule has 11 heteroatoms. The quantitative estimate of drug-likeness (QED) is 0.675. The fraction of sp³-hybridized carbons (Fsp3) is 0.188. The van der Waals surface area contributed by atoms with Gasteiger partial charge in [0.15, 0.2) is 11.5 Å². The molecule has 0 aliphatic carbocycles. The Morgan fingerprint density at radius 3 is 2.89 bits per heavy atom. The number of benzene rings is 1. The predicted molar refractivity (Wildman–Crippen MR) is 95.6 cm³/mol. The maximum Gasteiger partial charge on any atom is 0.328 e. The topological polar surface area (TPSA) is 128 Å². The number of carbonyl (C=O) groups excluding carboxylic acids is 1. The Kier molecular flexibility index (Phi) is 4.20. The minimum absolute atomic E-state index is 0.0240. The molecule has 0 spiro atoms. The number of rotatable bonds is 4. The normalized spacial score (nSPS) is 12.2. The summed E-state index contributed by atoms with van der Waals surface area (Å²) in [6.07, 6.45) is 1.09. The van der Waals surface area contributed by atoms with Gasteiger partial charge >= 0.3 is 5.69 Å². The van der Waals surface area contributed by atoms with Crippen LogP contribution < -0.4 is 26.0 Å². The van der Waals surface area contributed by atoms with Crippen LogP contribution in [0.2, 0.25) is 0 Å². The second-order valence-electron chi connectivity index (χ2n) is 5.67. The number of H-pyrrole nitrogens is 1. The molecule has 27 heavy (non-hydrogen) atoms. The lowest BCUT2D eigenvalue weighted by atomic mass is 10.2. The van der Waals surface area contributed by atoms with Crippen LogP contribution in [0.5, 0.6) is 11.5 Å². The molecule has 0 unspecified atom stereocenters. The van der Waals surface area contributed by atoms with Gasteiger partial charge in [-0.2, -0.15) is 0 Å². The van der Waals surface area contributed by atoms with Crippen LogP contribution in [0.4, 0.5) is 5.13 Å². The van der Waals surface area contributed by atoms with Gasteiger partial charge in [0, 0.05) is 6.20 Å². The Hall–Kier alpha value is -3.47. The maximum absolute atomic E-state index is 12.7. The lowest BCUT2D eigenvalue weighted by Crippen LogP contribution is -2.39. The number of nitrogens with zero attached hydrogens (tertiary/aromatic N) is 3. The second kappa shape index (κ2) is 6.68. The van der Waals surface area contributed by atoms with Crippen LogP contribution in [-0.2, 0) is 6.54 Å². The molecular weight excluding hydrogens is 374 g/mol. The molecule has 1 aromatic carbocycles. The van der Waals surface area contributed by atoms with Crippen LogP contribution in [0, 0.1) is 6.92 Å². The number of carbonyl (C=O) groups is 1. The molecule has 0 fully saturated rings. The van der Waals surface area contributed by atoms with Gasteiger partial charge in [-0.05, 0) is 24.6 Å². The summed E-state index contributed by atoms with van der Waals surface area (Å²) in [7, 11) is 0. The summed E-state index contributed by atoms with van der Waals surface area (Å²) in [5.41, 5.74) is -0.886. The molecule has 0 bridgehead atoms. The minimum Gasteiger partial charge on any atom is -0.454 e. The van der Waals surface area contributed by atoms with Crippen LogP contribution in [0.25, 0.3) is 0 Å². The van der Waals surface area contributed by atoms with Crippen molar-refractivity contribution in [3.8, 4) is 11.5 Å². The monoisotopic (exact) mass is 387 g/mol. The number of anilines is 1. The maximum atomic E-state index is 12.7. The molecule has 4 rings (SSSR count). The largest absolute Gasteiger partial charge is 0.454 e. The van der Waals surface area contributed by atoms with E-state index in [1.165, 1.54) is 11.3 Å². The first-order chi connectivity index (χ1) is 13.0. The van der Waals surface area contributed by atoms with Gasteiger partial charge in [0.05, 0.1) is 6.54 Å². The van der Waals surface area contributed by atoms with Gasteiger partial charge in [0.2, 0.25) is 11.9 Å². The van der Waals surface area contributed by atoms with Gasteiger partial charge < -0.3 is 14.5 Å². The molecule has 1 amide bonds. The van der Waals surface area contributed by atoms with Crippen LogP contribution in [0.15, 0.2) is 34.0 Å². The number of hydrogen-bond donors (Lipinski definition) is 2. The van der Waals surface area contributed by atoms with Crippen molar-refractivity contribution in [3.63, 3.8) is 0 Å². The van der Waals surface area contributed by atoms with Crippen molar-refractivity contribution in [2.24, 2.45) is 0 Å². The van der Waals surface area contributed by atoms with E-state index in [1.54, 1.807) is 25.1 Å². The number of fused-ring (bicyclic) bond motifs is 1. The van der Waals surface area contributed by atoms with Crippen molar-refractivity contribution in [2.75, 3.05) is 12.1 Å². The fourth-order valence-electron chi connectivity index (χ4n) is 2.55. The van der Waals surface area contributed by atoms with E-state index in [4.69, 9.17) is 9.47 Å². The van der Waals surface area contributed by atoms with Crippen LogP contribution >= 0.6 is 11.3 Å². The summed E-state index contributed by atoms with van der Waals surface area (Å²) >= 11 is 1.18. The summed E-state index contributed by atoms with van der Waals surface area (Å²) < 4.78 is 11.5. The molecule has 3 heterocycles. The van der Waals surface area contributed by atoms with Crippen LogP contribution in [0.1, 0.15) is 20.9 Å². The van der Waals surface area contributed by atoms with E-state index in [9.17, 15) is 14.4 Å². The molecule has 0 radical (unpaired) electrons. The van der Waals surface area contributed by atoms with E-state index in [0.29, 0.717) is 22.1 Å². The van der Waals surface area contributed by atoms with Crippen LogP contribution in [0.3, 0.4) is 0 Å². The number of amides is 1. The molecule has 10 nitrogen and oxygen atoms in total. The van der Waals surface area contributed by atoms with Crippen molar-refractivity contribution in [1.29, 1.82) is 0 Å². The Balaban J connectivity index is 1.63. The number of hydrogen-bond acceptors (Lipinski definition) is 8. The minimum atomic E-state index is -0.713. The highest BCUT2D eigenvalue weighted by atomic mass is 32.1. The summed E-state index contributed by atoms with van der Waals surface area (Å²) in [6, 6.07) is 5.10. The van der Waals surface area contributed by atoms with Crippen molar-refractivity contribution in [2.45, 2.75) is 13.5 Å². The number of aromatic amines is 1. The lowest BCUT2D eigenvalue weighted by Gasteiger charge is -2.08. The Labute approximate surface area is 155 Å². The van der Waals surface area contributed by atoms with Gasteiger partial charge in [-0.25, -0.2) is 4.79 Å². The zero-order valence-electron chi connectivity index (χ0n) is 14.0. The van der Waals surface area contributed by atoms with Crippen molar-refractivity contribution < 1.29 is 14.3 Å². The molecule has 2 aromatic heterocycles. The molecular formula is C16H13N5O5S.